The fourth-order valence-corrected chi connectivity index (χ4v) is 4.35. The number of halogens is 1. The summed E-state index contributed by atoms with van der Waals surface area (Å²) in [6, 6.07) is 11.2. The lowest BCUT2D eigenvalue weighted by Crippen LogP contribution is -2.28. The predicted molar refractivity (Wildman–Crippen MR) is 104 cm³/mol. The normalized spacial score (nSPS) is 15.2. The zero-order chi connectivity index (χ0) is 19.6. The van der Waals surface area contributed by atoms with E-state index >= 15 is 0 Å². The van der Waals surface area contributed by atoms with Crippen molar-refractivity contribution in [1.29, 1.82) is 0 Å². The standard InChI is InChI=1S/C19H21ClN2O4S/c1-12(13-4-3-5-15(20)10-13)21-19(23)14-6-9-17(26-2)18(11-14)27(24,25)22-16-7-8-16/h3-6,9-12,16,22H,7-8H2,1-2H3,(H,21,23)/t12-/m0/s1. The first-order chi connectivity index (χ1) is 12.8. The van der Waals surface area contributed by atoms with Gasteiger partial charge in [-0.3, -0.25) is 4.79 Å². The van der Waals surface area contributed by atoms with Crippen molar-refractivity contribution < 1.29 is 17.9 Å². The number of methoxy groups -OCH3 is 1. The Morgan fingerprint density at radius 3 is 2.59 bits per heavy atom. The summed E-state index contributed by atoms with van der Waals surface area (Å²) >= 11 is 5.99. The zero-order valence-electron chi connectivity index (χ0n) is 15.0. The van der Waals surface area contributed by atoms with Crippen LogP contribution >= 0.6 is 11.6 Å². The molecule has 6 nitrogen and oxygen atoms in total. The van der Waals surface area contributed by atoms with E-state index in [1.54, 1.807) is 12.1 Å². The lowest BCUT2D eigenvalue weighted by atomic mass is 10.1. The van der Waals surface area contributed by atoms with E-state index in [2.05, 4.69) is 10.0 Å². The maximum absolute atomic E-state index is 12.6. The quantitative estimate of drug-likeness (QED) is 0.736. The molecule has 0 saturated heterocycles. The molecule has 8 heteroatoms. The first-order valence-electron chi connectivity index (χ1n) is 8.57. The smallest absolute Gasteiger partial charge is 0.251 e. The van der Waals surface area contributed by atoms with Crippen molar-refractivity contribution in [2.75, 3.05) is 7.11 Å². The molecule has 144 valence electrons. The summed E-state index contributed by atoms with van der Waals surface area (Å²) in [7, 11) is -2.36. The minimum atomic E-state index is -3.75. The van der Waals surface area contributed by atoms with Crippen LogP contribution in [0.15, 0.2) is 47.4 Å². The summed E-state index contributed by atoms with van der Waals surface area (Å²) in [6.45, 7) is 1.83. The van der Waals surface area contributed by atoms with Crippen LogP contribution in [-0.2, 0) is 10.0 Å². The average molecular weight is 409 g/mol. The minimum Gasteiger partial charge on any atom is -0.495 e. The summed E-state index contributed by atoms with van der Waals surface area (Å²) in [4.78, 5) is 12.6. The van der Waals surface area contributed by atoms with E-state index < -0.39 is 10.0 Å². The van der Waals surface area contributed by atoms with Crippen LogP contribution in [0.25, 0.3) is 0 Å². The Labute approximate surface area is 163 Å². The van der Waals surface area contributed by atoms with Gasteiger partial charge in [0, 0.05) is 16.6 Å². The number of ether oxygens (including phenoxy) is 1. The Bertz CT molecular complexity index is 958. The molecule has 0 radical (unpaired) electrons. The molecule has 2 aromatic carbocycles. The highest BCUT2D eigenvalue weighted by atomic mass is 35.5. The molecule has 0 unspecified atom stereocenters. The van der Waals surface area contributed by atoms with E-state index in [0.717, 1.165) is 18.4 Å². The van der Waals surface area contributed by atoms with Crippen LogP contribution in [0.5, 0.6) is 5.75 Å². The van der Waals surface area contributed by atoms with Gasteiger partial charge in [0.2, 0.25) is 10.0 Å². The highest BCUT2D eigenvalue weighted by Gasteiger charge is 2.30. The number of sulfonamides is 1. The first-order valence-corrected chi connectivity index (χ1v) is 10.4. The Kier molecular flexibility index (Phi) is 5.74. The minimum absolute atomic E-state index is 0.0416. The van der Waals surface area contributed by atoms with Gasteiger partial charge < -0.3 is 10.1 Å². The Morgan fingerprint density at radius 1 is 1.22 bits per heavy atom. The first kappa shape index (κ1) is 19.7. The molecule has 1 saturated carbocycles. The fraction of sp³-hybridized carbons (Fsp3) is 0.316. The summed E-state index contributed by atoms with van der Waals surface area (Å²) in [5, 5.41) is 3.44. The summed E-state index contributed by atoms with van der Waals surface area (Å²) in [6.07, 6.45) is 1.64. The van der Waals surface area contributed by atoms with Gasteiger partial charge in [-0.15, -0.1) is 0 Å². The zero-order valence-corrected chi connectivity index (χ0v) is 16.6. The third kappa shape index (κ3) is 4.80. The van der Waals surface area contributed by atoms with Gasteiger partial charge in [0.1, 0.15) is 10.6 Å². The van der Waals surface area contributed by atoms with Crippen molar-refractivity contribution in [2.45, 2.75) is 36.7 Å². The van der Waals surface area contributed by atoms with Gasteiger partial charge in [-0.05, 0) is 55.7 Å². The summed E-state index contributed by atoms with van der Waals surface area (Å²) < 4.78 is 32.9. The monoisotopic (exact) mass is 408 g/mol. The van der Waals surface area contributed by atoms with E-state index in [4.69, 9.17) is 16.3 Å². The third-order valence-corrected chi connectivity index (χ3v) is 6.09. The number of benzene rings is 2. The number of hydrogen-bond donors (Lipinski definition) is 2. The van der Waals surface area contributed by atoms with Gasteiger partial charge >= 0.3 is 0 Å². The van der Waals surface area contributed by atoms with Crippen molar-refractivity contribution in [3.8, 4) is 5.75 Å². The molecule has 0 heterocycles. The SMILES string of the molecule is COc1ccc(C(=O)N[C@@H](C)c2cccc(Cl)c2)cc1S(=O)(=O)NC1CC1. The van der Waals surface area contributed by atoms with E-state index in [9.17, 15) is 13.2 Å². The van der Waals surface area contributed by atoms with E-state index in [1.165, 1.54) is 25.3 Å². The lowest BCUT2D eigenvalue weighted by Gasteiger charge is -2.16. The second-order valence-corrected chi connectivity index (χ2v) is 8.63. The Hall–Kier alpha value is -2.09. The second kappa shape index (κ2) is 7.88. The van der Waals surface area contributed by atoms with E-state index in [0.29, 0.717) is 5.02 Å². The molecule has 1 aliphatic carbocycles. The van der Waals surface area contributed by atoms with Crippen LogP contribution in [0.3, 0.4) is 0 Å². The molecule has 2 N–H and O–H groups in total. The van der Waals surface area contributed by atoms with Gasteiger partial charge in [-0.2, -0.15) is 0 Å². The van der Waals surface area contributed by atoms with E-state index in [1.807, 2.05) is 19.1 Å². The fourth-order valence-electron chi connectivity index (χ4n) is 2.65. The van der Waals surface area contributed by atoms with Crippen LogP contribution in [0, 0.1) is 0 Å². The van der Waals surface area contributed by atoms with Crippen molar-refractivity contribution in [3.05, 3.63) is 58.6 Å². The molecule has 3 rings (SSSR count). The molecular weight excluding hydrogens is 388 g/mol. The Balaban J connectivity index is 1.83. The number of carbonyl (C=O) groups is 1. The average Bonchev–Trinajstić information content (AvgIpc) is 3.44. The molecule has 0 bridgehead atoms. The highest BCUT2D eigenvalue weighted by molar-refractivity contribution is 7.89. The maximum atomic E-state index is 12.6. The van der Waals surface area contributed by atoms with Crippen LogP contribution in [-0.4, -0.2) is 27.5 Å². The number of rotatable bonds is 7. The number of hydrogen-bond acceptors (Lipinski definition) is 4. The van der Waals surface area contributed by atoms with Crippen molar-refractivity contribution in [3.63, 3.8) is 0 Å². The van der Waals surface area contributed by atoms with Gasteiger partial charge in [0.25, 0.3) is 5.91 Å². The van der Waals surface area contributed by atoms with Gasteiger partial charge in [-0.1, -0.05) is 23.7 Å². The molecule has 2 aromatic rings. The van der Waals surface area contributed by atoms with Crippen LogP contribution in [0.2, 0.25) is 5.02 Å². The molecule has 1 aliphatic rings. The van der Waals surface area contributed by atoms with Gasteiger partial charge in [0.15, 0.2) is 0 Å². The topological polar surface area (TPSA) is 84.5 Å². The van der Waals surface area contributed by atoms with Crippen LogP contribution < -0.4 is 14.8 Å². The van der Waals surface area contributed by atoms with Crippen molar-refractivity contribution in [2.24, 2.45) is 0 Å². The molecule has 27 heavy (non-hydrogen) atoms. The highest BCUT2D eigenvalue weighted by Crippen LogP contribution is 2.28. The number of amides is 1. The van der Waals surface area contributed by atoms with Crippen molar-refractivity contribution in [1.82, 2.24) is 10.0 Å². The summed E-state index contributed by atoms with van der Waals surface area (Å²) in [5.74, 6) is -0.185. The molecule has 1 fully saturated rings. The molecule has 1 atom stereocenters. The Morgan fingerprint density at radius 2 is 1.96 bits per heavy atom. The molecule has 0 aliphatic heterocycles. The van der Waals surface area contributed by atoms with Crippen LogP contribution in [0.1, 0.15) is 41.7 Å². The van der Waals surface area contributed by atoms with Crippen molar-refractivity contribution >= 4 is 27.5 Å². The van der Waals surface area contributed by atoms with E-state index in [-0.39, 0.29) is 34.2 Å². The summed E-state index contributed by atoms with van der Waals surface area (Å²) in [5.41, 5.74) is 1.09. The maximum Gasteiger partial charge on any atom is 0.251 e. The third-order valence-electron chi connectivity index (χ3n) is 4.31. The van der Waals surface area contributed by atoms with Crippen LogP contribution in [0.4, 0.5) is 0 Å². The molecular formula is C19H21ClN2O4S. The number of nitrogens with one attached hydrogen (secondary N) is 2. The van der Waals surface area contributed by atoms with Gasteiger partial charge in [0.05, 0.1) is 13.2 Å². The lowest BCUT2D eigenvalue weighted by molar-refractivity contribution is 0.0939. The largest absolute Gasteiger partial charge is 0.495 e. The number of carbonyl (C=O) groups excluding carboxylic acids is 1. The second-order valence-electron chi connectivity index (χ2n) is 6.51. The molecule has 1 amide bonds. The predicted octanol–water partition coefficient (Wildman–Crippen LogP) is 3.28. The molecule has 0 aromatic heterocycles. The molecule has 0 spiro atoms. The van der Waals surface area contributed by atoms with Gasteiger partial charge in [-0.25, -0.2) is 13.1 Å².